The minimum absolute atomic E-state index is 0. The van der Waals surface area contributed by atoms with Crippen LogP contribution in [0.2, 0.25) is 0 Å². The summed E-state index contributed by atoms with van der Waals surface area (Å²) in [6, 6.07) is 8.66. The van der Waals surface area contributed by atoms with Gasteiger partial charge in [0.05, 0.1) is 18.2 Å². The van der Waals surface area contributed by atoms with Crippen molar-refractivity contribution in [1.82, 2.24) is 5.32 Å². The average molecular weight is 324 g/mol. The SMILES string of the molecule is C=CCC(CC(=O)NCCOc1cccc(C#N)c1)C(=O)[O-].[Na+]. The molecule has 0 aromatic heterocycles. The molecule has 0 aliphatic rings. The van der Waals surface area contributed by atoms with Gasteiger partial charge in [0.2, 0.25) is 5.91 Å². The minimum atomic E-state index is -1.26. The van der Waals surface area contributed by atoms with E-state index < -0.39 is 11.9 Å². The minimum Gasteiger partial charge on any atom is -0.550 e. The van der Waals surface area contributed by atoms with E-state index in [1.165, 1.54) is 6.08 Å². The van der Waals surface area contributed by atoms with Gasteiger partial charge in [-0.15, -0.1) is 6.58 Å². The van der Waals surface area contributed by atoms with Gasteiger partial charge in [-0.05, 0) is 24.6 Å². The van der Waals surface area contributed by atoms with E-state index in [4.69, 9.17) is 10.00 Å². The number of benzene rings is 1. The van der Waals surface area contributed by atoms with E-state index in [1.807, 2.05) is 6.07 Å². The molecule has 1 N–H and O–H groups in total. The van der Waals surface area contributed by atoms with Crippen LogP contribution >= 0.6 is 0 Å². The number of carbonyl (C=O) groups excluding carboxylic acids is 2. The maximum atomic E-state index is 11.6. The van der Waals surface area contributed by atoms with Crippen LogP contribution in [0.25, 0.3) is 0 Å². The van der Waals surface area contributed by atoms with E-state index in [9.17, 15) is 14.7 Å². The van der Waals surface area contributed by atoms with Gasteiger partial charge in [-0.2, -0.15) is 5.26 Å². The predicted molar refractivity (Wildman–Crippen MR) is 77.6 cm³/mol. The molecule has 23 heavy (non-hydrogen) atoms. The largest absolute Gasteiger partial charge is 1.00 e. The first-order valence-corrected chi connectivity index (χ1v) is 6.78. The monoisotopic (exact) mass is 324 g/mol. The first-order valence-electron chi connectivity index (χ1n) is 6.78. The molecular formula is C16H17N2NaO4. The summed E-state index contributed by atoms with van der Waals surface area (Å²) in [6.07, 6.45) is 1.48. The molecule has 116 valence electrons. The molecule has 0 radical (unpaired) electrons. The van der Waals surface area contributed by atoms with Crippen molar-refractivity contribution in [3.05, 3.63) is 42.5 Å². The molecule has 6 nitrogen and oxygen atoms in total. The molecule has 0 bridgehead atoms. The Kier molecular flexibility index (Phi) is 10.8. The van der Waals surface area contributed by atoms with Crippen LogP contribution in [0.3, 0.4) is 0 Å². The molecule has 1 atom stereocenters. The number of allylic oxidation sites excluding steroid dienone is 1. The second-order valence-corrected chi connectivity index (χ2v) is 4.58. The molecule has 7 heteroatoms. The number of carbonyl (C=O) groups is 2. The third-order valence-electron chi connectivity index (χ3n) is 2.87. The number of carboxylic acid groups (broad SMARTS) is 1. The summed E-state index contributed by atoms with van der Waals surface area (Å²) in [5, 5.41) is 22.1. The third-order valence-corrected chi connectivity index (χ3v) is 2.87. The maximum Gasteiger partial charge on any atom is 1.00 e. The van der Waals surface area contributed by atoms with Crippen molar-refractivity contribution in [3.63, 3.8) is 0 Å². The number of carboxylic acids is 1. The summed E-state index contributed by atoms with van der Waals surface area (Å²) >= 11 is 0. The van der Waals surface area contributed by atoms with Crippen LogP contribution in [-0.4, -0.2) is 25.0 Å². The maximum absolute atomic E-state index is 11.6. The summed E-state index contributed by atoms with van der Waals surface area (Å²) in [4.78, 5) is 22.4. The molecule has 1 amide bonds. The van der Waals surface area contributed by atoms with E-state index in [-0.39, 0.29) is 61.5 Å². The van der Waals surface area contributed by atoms with Gasteiger partial charge in [0.15, 0.2) is 0 Å². The fourth-order valence-corrected chi connectivity index (χ4v) is 1.77. The second-order valence-electron chi connectivity index (χ2n) is 4.58. The fourth-order valence-electron chi connectivity index (χ4n) is 1.77. The van der Waals surface area contributed by atoms with Crippen molar-refractivity contribution in [2.45, 2.75) is 12.8 Å². The van der Waals surface area contributed by atoms with E-state index in [0.717, 1.165) is 0 Å². The van der Waals surface area contributed by atoms with Crippen LogP contribution in [0.5, 0.6) is 5.75 Å². The summed E-state index contributed by atoms with van der Waals surface area (Å²) in [6.45, 7) is 3.91. The number of nitriles is 1. The first kappa shape index (κ1) is 21.2. The van der Waals surface area contributed by atoms with Crippen LogP contribution in [0.1, 0.15) is 18.4 Å². The molecule has 1 aromatic rings. The van der Waals surface area contributed by atoms with Crippen LogP contribution in [-0.2, 0) is 9.59 Å². The fraction of sp³-hybridized carbons (Fsp3) is 0.312. The standard InChI is InChI=1S/C16H18N2O4.Na/c1-2-4-13(16(20)21)10-15(19)18-7-8-22-14-6-3-5-12(9-14)11-17;/h2-3,5-6,9,13H,1,4,7-8,10H2,(H,18,19)(H,20,21);/q;+1/p-1. The van der Waals surface area contributed by atoms with Gasteiger partial charge >= 0.3 is 29.6 Å². The van der Waals surface area contributed by atoms with E-state index >= 15 is 0 Å². The number of amides is 1. The van der Waals surface area contributed by atoms with Crippen LogP contribution in [0.4, 0.5) is 0 Å². The van der Waals surface area contributed by atoms with Crippen molar-refractivity contribution < 1.29 is 49.0 Å². The van der Waals surface area contributed by atoms with Crippen molar-refractivity contribution in [2.24, 2.45) is 5.92 Å². The van der Waals surface area contributed by atoms with Crippen molar-refractivity contribution in [1.29, 1.82) is 5.26 Å². The molecule has 0 saturated heterocycles. The number of nitrogens with one attached hydrogen (secondary N) is 1. The van der Waals surface area contributed by atoms with E-state index in [2.05, 4.69) is 11.9 Å². The summed E-state index contributed by atoms with van der Waals surface area (Å²) in [7, 11) is 0. The van der Waals surface area contributed by atoms with Gasteiger partial charge in [0.1, 0.15) is 12.4 Å². The van der Waals surface area contributed by atoms with E-state index in [0.29, 0.717) is 11.3 Å². The average Bonchev–Trinajstić information content (AvgIpc) is 2.51. The molecule has 0 aliphatic heterocycles. The van der Waals surface area contributed by atoms with Gasteiger partial charge in [0, 0.05) is 18.3 Å². The van der Waals surface area contributed by atoms with Crippen molar-refractivity contribution in [3.8, 4) is 11.8 Å². The molecule has 0 aliphatic carbocycles. The quantitative estimate of drug-likeness (QED) is 0.305. The second kappa shape index (κ2) is 11.7. The zero-order valence-electron chi connectivity index (χ0n) is 13.1. The molecule has 0 saturated carbocycles. The summed E-state index contributed by atoms with van der Waals surface area (Å²) in [5.41, 5.74) is 0.489. The Labute approximate surface area is 157 Å². The molecule has 0 fully saturated rings. The third kappa shape index (κ3) is 8.41. The Morgan fingerprint density at radius 1 is 1.48 bits per heavy atom. The van der Waals surface area contributed by atoms with Crippen LogP contribution < -0.4 is 44.7 Å². The van der Waals surface area contributed by atoms with Crippen LogP contribution in [0.15, 0.2) is 36.9 Å². The Balaban J connectivity index is 0.00000484. The molecule has 1 aromatic carbocycles. The van der Waals surface area contributed by atoms with Gasteiger partial charge in [-0.1, -0.05) is 12.1 Å². The van der Waals surface area contributed by atoms with Gasteiger partial charge in [-0.25, -0.2) is 0 Å². The number of aliphatic carboxylic acids is 1. The molecule has 0 heterocycles. The Hall–Kier alpha value is -1.81. The number of ether oxygens (including phenoxy) is 1. The molecule has 0 spiro atoms. The van der Waals surface area contributed by atoms with Crippen molar-refractivity contribution >= 4 is 11.9 Å². The zero-order chi connectivity index (χ0) is 16.4. The van der Waals surface area contributed by atoms with Gasteiger partial charge in [-0.3, -0.25) is 4.79 Å². The zero-order valence-corrected chi connectivity index (χ0v) is 15.1. The van der Waals surface area contributed by atoms with Gasteiger partial charge < -0.3 is 20.0 Å². The van der Waals surface area contributed by atoms with E-state index in [1.54, 1.807) is 24.3 Å². The number of hydrogen-bond donors (Lipinski definition) is 1. The number of nitrogens with zero attached hydrogens (tertiary/aromatic N) is 1. The topological polar surface area (TPSA) is 102 Å². The summed E-state index contributed by atoms with van der Waals surface area (Å²) in [5.74, 6) is -1.98. The molecule has 1 rings (SSSR count). The first-order chi connectivity index (χ1) is 10.6. The van der Waals surface area contributed by atoms with Crippen molar-refractivity contribution in [2.75, 3.05) is 13.2 Å². The predicted octanol–water partition coefficient (Wildman–Crippen LogP) is -2.61. The number of rotatable bonds is 9. The number of hydrogen-bond acceptors (Lipinski definition) is 5. The summed E-state index contributed by atoms with van der Waals surface area (Å²) < 4.78 is 5.39. The van der Waals surface area contributed by atoms with Gasteiger partial charge in [0.25, 0.3) is 0 Å². The Morgan fingerprint density at radius 2 is 2.22 bits per heavy atom. The molecular weight excluding hydrogens is 307 g/mol. The normalized spacial score (nSPS) is 10.6. The Morgan fingerprint density at radius 3 is 2.83 bits per heavy atom. The Bertz CT molecular complexity index is 584. The molecule has 1 unspecified atom stereocenters. The smallest absolute Gasteiger partial charge is 0.550 e. The van der Waals surface area contributed by atoms with Crippen LogP contribution in [0, 0.1) is 17.2 Å².